The molecule has 24 heavy (non-hydrogen) atoms. The fraction of sp³-hybridized carbons (Fsp3) is 0.400. The normalized spacial score (nSPS) is 23.2. The standard InChI is InChI=1S/C15H16ClN3O4S/c16-10-2-1-9(7-11(10)19-5-4-17-14(19)23)12(20)18-15(13(21)22)3-6-24-8-15/h1-2,7H,3-6,8H2,(H,17,23)(H,18,20)(H,21,22). The number of halogens is 1. The van der Waals surface area contributed by atoms with Crippen LogP contribution < -0.4 is 15.5 Å². The maximum atomic E-state index is 12.5. The van der Waals surface area contributed by atoms with E-state index in [9.17, 15) is 19.5 Å². The van der Waals surface area contributed by atoms with Gasteiger partial charge in [0, 0.05) is 24.4 Å². The molecule has 2 heterocycles. The minimum atomic E-state index is -1.24. The molecule has 1 aromatic rings. The fourth-order valence-electron chi connectivity index (χ4n) is 2.74. The van der Waals surface area contributed by atoms with Crippen molar-refractivity contribution in [3.8, 4) is 0 Å². The molecule has 3 rings (SSSR count). The molecule has 2 fully saturated rings. The predicted molar refractivity (Wildman–Crippen MR) is 92.0 cm³/mol. The van der Waals surface area contributed by atoms with Gasteiger partial charge in [-0.3, -0.25) is 9.69 Å². The predicted octanol–water partition coefficient (Wildman–Crippen LogP) is 1.56. The van der Waals surface area contributed by atoms with E-state index in [-0.39, 0.29) is 11.6 Å². The van der Waals surface area contributed by atoms with Crippen molar-refractivity contribution in [3.05, 3.63) is 28.8 Å². The summed E-state index contributed by atoms with van der Waals surface area (Å²) in [4.78, 5) is 37.3. The number of thioether (sulfide) groups is 1. The zero-order chi connectivity index (χ0) is 17.3. The minimum Gasteiger partial charge on any atom is -0.479 e. The number of nitrogens with one attached hydrogen (secondary N) is 2. The number of carboxylic acids is 1. The van der Waals surface area contributed by atoms with Crippen LogP contribution in [0.4, 0.5) is 10.5 Å². The van der Waals surface area contributed by atoms with Crippen LogP contribution in [0, 0.1) is 0 Å². The third-order valence-electron chi connectivity index (χ3n) is 4.14. The monoisotopic (exact) mass is 369 g/mol. The lowest BCUT2D eigenvalue weighted by Gasteiger charge is -2.25. The van der Waals surface area contributed by atoms with Crippen molar-refractivity contribution in [1.29, 1.82) is 0 Å². The zero-order valence-electron chi connectivity index (χ0n) is 12.7. The molecule has 3 N–H and O–H groups in total. The number of hydrogen-bond acceptors (Lipinski definition) is 4. The summed E-state index contributed by atoms with van der Waals surface area (Å²) in [6, 6.07) is 4.30. The van der Waals surface area contributed by atoms with Crippen molar-refractivity contribution in [2.24, 2.45) is 0 Å². The molecule has 0 aromatic heterocycles. The molecular weight excluding hydrogens is 354 g/mol. The molecule has 2 saturated heterocycles. The van der Waals surface area contributed by atoms with Crippen LogP contribution in [0.5, 0.6) is 0 Å². The van der Waals surface area contributed by atoms with Crippen molar-refractivity contribution < 1.29 is 19.5 Å². The lowest BCUT2D eigenvalue weighted by Crippen LogP contribution is -2.54. The molecule has 0 aliphatic carbocycles. The second-order valence-corrected chi connectivity index (χ2v) is 7.21. The number of anilines is 1. The van der Waals surface area contributed by atoms with Crippen LogP contribution in [0.3, 0.4) is 0 Å². The number of urea groups is 1. The van der Waals surface area contributed by atoms with Gasteiger partial charge in [-0.1, -0.05) is 11.6 Å². The Labute approximate surface area is 147 Å². The van der Waals surface area contributed by atoms with Crippen molar-refractivity contribution in [1.82, 2.24) is 10.6 Å². The van der Waals surface area contributed by atoms with Crippen molar-refractivity contribution in [2.75, 3.05) is 29.5 Å². The highest BCUT2D eigenvalue weighted by Crippen LogP contribution is 2.31. The highest BCUT2D eigenvalue weighted by Gasteiger charge is 2.43. The first-order valence-electron chi connectivity index (χ1n) is 7.41. The maximum Gasteiger partial charge on any atom is 0.330 e. The van der Waals surface area contributed by atoms with E-state index in [1.807, 2.05) is 0 Å². The quantitative estimate of drug-likeness (QED) is 0.748. The van der Waals surface area contributed by atoms with E-state index in [1.54, 1.807) is 0 Å². The number of rotatable bonds is 4. The van der Waals surface area contributed by atoms with Crippen molar-refractivity contribution in [3.63, 3.8) is 0 Å². The second kappa shape index (κ2) is 6.52. The van der Waals surface area contributed by atoms with Gasteiger partial charge in [0.05, 0.1) is 10.7 Å². The molecule has 0 spiro atoms. The molecule has 0 saturated carbocycles. The summed E-state index contributed by atoms with van der Waals surface area (Å²) in [5, 5.41) is 15.1. The number of carboxylic acid groups (broad SMARTS) is 1. The summed E-state index contributed by atoms with van der Waals surface area (Å²) in [7, 11) is 0. The van der Waals surface area contributed by atoms with Crippen molar-refractivity contribution in [2.45, 2.75) is 12.0 Å². The van der Waals surface area contributed by atoms with Crippen LogP contribution >= 0.6 is 23.4 Å². The summed E-state index contributed by atoms with van der Waals surface area (Å²) in [5.41, 5.74) is -0.539. The third kappa shape index (κ3) is 3.03. The average Bonchev–Trinajstić information content (AvgIpc) is 3.17. The maximum absolute atomic E-state index is 12.5. The molecule has 0 radical (unpaired) electrons. The number of nitrogens with zero attached hydrogens (tertiary/aromatic N) is 1. The highest BCUT2D eigenvalue weighted by molar-refractivity contribution is 7.99. The van der Waals surface area contributed by atoms with Crippen LogP contribution in [0.1, 0.15) is 16.8 Å². The minimum absolute atomic E-state index is 0.270. The molecule has 2 aliphatic rings. The van der Waals surface area contributed by atoms with Gasteiger partial charge >= 0.3 is 12.0 Å². The van der Waals surface area contributed by atoms with E-state index < -0.39 is 17.4 Å². The Hall–Kier alpha value is -1.93. The largest absolute Gasteiger partial charge is 0.479 e. The van der Waals surface area contributed by atoms with Crippen LogP contribution in [0.25, 0.3) is 0 Å². The van der Waals surface area contributed by atoms with Gasteiger partial charge in [0.15, 0.2) is 0 Å². The van der Waals surface area contributed by atoms with E-state index in [2.05, 4.69) is 10.6 Å². The number of hydrogen-bond donors (Lipinski definition) is 3. The Kier molecular flexibility index (Phi) is 4.60. The number of benzene rings is 1. The summed E-state index contributed by atoms with van der Waals surface area (Å²) in [6.45, 7) is 0.963. The molecule has 1 atom stereocenters. The molecular formula is C15H16ClN3O4S. The summed E-state index contributed by atoms with van der Waals surface area (Å²) in [5.74, 6) is -0.499. The zero-order valence-corrected chi connectivity index (χ0v) is 14.2. The molecule has 128 valence electrons. The summed E-state index contributed by atoms with van der Waals surface area (Å²) >= 11 is 7.64. The molecule has 0 bridgehead atoms. The lowest BCUT2D eigenvalue weighted by molar-refractivity contribution is -0.143. The Morgan fingerprint density at radius 2 is 2.21 bits per heavy atom. The molecule has 3 amide bonds. The number of carbonyl (C=O) groups is 3. The first kappa shape index (κ1) is 16.9. The van der Waals surface area contributed by atoms with E-state index in [1.165, 1.54) is 34.9 Å². The Morgan fingerprint density at radius 1 is 1.42 bits per heavy atom. The number of aliphatic carboxylic acids is 1. The first-order chi connectivity index (χ1) is 11.4. The topological polar surface area (TPSA) is 98.7 Å². The Balaban J connectivity index is 1.85. The average molecular weight is 370 g/mol. The van der Waals surface area contributed by atoms with Crippen LogP contribution in [-0.2, 0) is 4.79 Å². The van der Waals surface area contributed by atoms with Gasteiger partial charge in [0.2, 0.25) is 0 Å². The van der Waals surface area contributed by atoms with Gasteiger partial charge in [0.25, 0.3) is 5.91 Å². The molecule has 1 aromatic carbocycles. The molecule has 1 unspecified atom stereocenters. The molecule has 7 nitrogen and oxygen atoms in total. The summed E-state index contributed by atoms with van der Waals surface area (Å²) in [6.07, 6.45) is 0.383. The summed E-state index contributed by atoms with van der Waals surface area (Å²) < 4.78 is 0. The second-order valence-electron chi connectivity index (χ2n) is 5.69. The van der Waals surface area contributed by atoms with Gasteiger partial charge in [-0.15, -0.1) is 0 Å². The van der Waals surface area contributed by atoms with Gasteiger partial charge < -0.3 is 15.7 Å². The van der Waals surface area contributed by atoms with Crippen LogP contribution in [0.2, 0.25) is 5.02 Å². The van der Waals surface area contributed by atoms with Crippen LogP contribution in [0.15, 0.2) is 18.2 Å². The fourth-order valence-corrected chi connectivity index (χ4v) is 4.28. The van der Waals surface area contributed by atoms with E-state index in [0.29, 0.717) is 41.7 Å². The van der Waals surface area contributed by atoms with Gasteiger partial charge in [0.1, 0.15) is 5.54 Å². The smallest absolute Gasteiger partial charge is 0.330 e. The van der Waals surface area contributed by atoms with Gasteiger partial charge in [-0.05, 0) is 30.4 Å². The van der Waals surface area contributed by atoms with Gasteiger partial charge in [-0.25, -0.2) is 9.59 Å². The van der Waals surface area contributed by atoms with Crippen molar-refractivity contribution >= 4 is 47.0 Å². The van der Waals surface area contributed by atoms with Crippen LogP contribution in [-0.4, -0.2) is 53.1 Å². The lowest BCUT2D eigenvalue weighted by atomic mass is 9.98. The Morgan fingerprint density at radius 3 is 2.79 bits per heavy atom. The van der Waals surface area contributed by atoms with Gasteiger partial charge in [-0.2, -0.15) is 11.8 Å². The number of amides is 3. The van der Waals surface area contributed by atoms with E-state index >= 15 is 0 Å². The Bertz CT molecular complexity index is 706. The highest BCUT2D eigenvalue weighted by atomic mass is 35.5. The van der Waals surface area contributed by atoms with E-state index in [0.717, 1.165) is 0 Å². The molecule has 9 heteroatoms. The molecule has 2 aliphatic heterocycles. The first-order valence-corrected chi connectivity index (χ1v) is 8.95. The SMILES string of the molecule is O=C(NC1(C(=O)O)CCSC1)c1ccc(Cl)c(N2CCNC2=O)c1. The third-order valence-corrected chi connectivity index (χ3v) is 5.65. The van der Waals surface area contributed by atoms with E-state index in [4.69, 9.17) is 11.6 Å². The number of carbonyl (C=O) groups excluding carboxylic acids is 2.